The van der Waals surface area contributed by atoms with Crippen LogP contribution in [0.15, 0.2) is 48.5 Å². The largest absolute Gasteiger partial charge is 0.348 e. The molecule has 1 amide bonds. The number of amides is 1. The normalized spacial score (nSPS) is 11.1. The summed E-state index contributed by atoms with van der Waals surface area (Å²) in [6, 6.07) is 13.7. The lowest BCUT2D eigenvalue weighted by Crippen LogP contribution is -2.29. The molecule has 0 heterocycles. The Morgan fingerprint density at radius 3 is 2.17 bits per heavy atom. The second-order valence-electron chi connectivity index (χ2n) is 5.28. The summed E-state index contributed by atoms with van der Waals surface area (Å²) in [5, 5.41) is 3.46. The number of carbonyl (C=O) groups excluding carboxylic acids is 1. The van der Waals surface area contributed by atoms with E-state index in [9.17, 15) is 13.2 Å². The van der Waals surface area contributed by atoms with Crippen LogP contribution in [0.1, 0.15) is 22.8 Å². The molecule has 128 valence electrons. The minimum Gasteiger partial charge on any atom is -0.348 e. The topological polar surface area (TPSA) is 66.5 Å². The van der Waals surface area contributed by atoms with Crippen molar-refractivity contribution in [1.29, 1.82) is 0 Å². The first-order chi connectivity index (χ1) is 11.3. The summed E-state index contributed by atoms with van der Waals surface area (Å²) in [6.45, 7) is 2.48. The van der Waals surface area contributed by atoms with E-state index in [-0.39, 0.29) is 5.91 Å². The van der Waals surface area contributed by atoms with E-state index in [0.717, 1.165) is 11.8 Å². The number of nitrogens with one attached hydrogen (secondary N) is 1. The van der Waals surface area contributed by atoms with Gasteiger partial charge >= 0.3 is 0 Å². The van der Waals surface area contributed by atoms with Crippen molar-refractivity contribution in [2.45, 2.75) is 13.5 Å². The Hall–Kier alpha value is -2.05. The summed E-state index contributed by atoms with van der Waals surface area (Å²) in [5.41, 5.74) is 1.95. The van der Waals surface area contributed by atoms with Gasteiger partial charge in [-0.1, -0.05) is 23.7 Å². The molecule has 0 spiro atoms. The van der Waals surface area contributed by atoms with Crippen molar-refractivity contribution in [2.75, 3.05) is 17.1 Å². The van der Waals surface area contributed by atoms with Crippen LogP contribution in [-0.2, 0) is 16.6 Å². The molecule has 5 nitrogen and oxygen atoms in total. The third-order valence-electron chi connectivity index (χ3n) is 3.47. The summed E-state index contributed by atoms with van der Waals surface area (Å²) in [4.78, 5) is 12.2. The van der Waals surface area contributed by atoms with Gasteiger partial charge in [0.05, 0.1) is 11.9 Å². The number of benzene rings is 2. The predicted molar refractivity (Wildman–Crippen MR) is 96.9 cm³/mol. The van der Waals surface area contributed by atoms with Gasteiger partial charge in [-0.3, -0.25) is 9.10 Å². The monoisotopic (exact) mass is 366 g/mol. The standard InChI is InChI=1S/C17H19ClN2O3S/c1-3-20(24(2,22)23)16-10-6-14(7-11-16)17(21)19-12-13-4-8-15(18)9-5-13/h4-11H,3,12H2,1-2H3,(H,19,21). The molecule has 0 atom stereocenters. The average molecular weight is 367 g/mol. The number of carbonyl (C=O) groups is 1. The summed E-state index contributed by atoms with van der Waals surface area (Å²) in [7, 11) is -3.33. The smallest absolute Gasteiger partial charge is 0.251 e. The highest BCUT2D eigenvalue weighted by atomic mass is 35.5. The van der Waals surface area contributed by atoms with Gasteiger partial charge < -0.3 is 5.32 Å². The van der Waals surface area contributed by atoms with E-state index in [2.05, 4.69) is 5.32 Å². The molecule has 2 aromatic carbocycles. The fourth-order valence-corrected chi connectivity index (χ4v) is 3.37. The molecule has 0 bridgehead atoms. The first kappa shape index (κ1) is 18.3. The van der Waals surface area contributed by atoms with Crippen LogP contribution in [0.4, 0.5) is 5.69 Å². The molecule has 0 fully saturated rings. The molecule has 7 heteroatoms. The number of nitrogens with zero attached hydrogens (tertiary/aromatic N) is 1. The highest BCUT2D eigenvalue weighted by molar-refractivity contribution is 7.92. The van der Waals surface area contributed by atoms with E-state index in [1.54, 1.807) is 43.3 Å². The Kier molecular flexibility index (Phi) is 5.85. The van der Waals surface area contributed by atoms with Gasteiger partial charge in [0.25, 0.3) is 5.91 Å². The Bertz CT molecular complexity index is 803. The van der Waals surface area contributed by atoms with Gasteiger partial charge in [0.15, 0.2) is 0 Å². The lowest BCUT2D eigenvalue weighted by atomic mass is 10.1. The fourth-order valence-electron chi connectivity index (χ4n) is 2.27. The zero-order valence-corrected chi connectivity index (χ0v) is 15.1. The van der Waals surface area contributed by atoms with E-state index >= 15 is 0 Å². The van der Waals surface area contributed by atoms with Crippen molar-refractivity contribution < 1.29 is 13.2 Å². The zero-order chi connectivity index (χ0) is 17.7. The van der Waals surface area contributed by atoms with Crippen molar-refractivity contribution in [3.05, 3.63) is 64.7 Å². The molecule has 0 aliphatic rings. The third-order valence-corrected chi connectivity index (χ3v) is 4.99. The number of rotatable bonds is 6. The quantitative estimate of drug-likeness (QED) is 0.854. The third kappa shape index (κ3) is 4.72. The van der Waals surface area contributed by atoms with Crippen molar-refractivity contribution in [2.24, 2.45) is 0 Å². The number of hydrogen-bond donors (Lipinski definition) is 1. The second kappa shape index (κ2) is 7.68. The number of sulfonamides is 1. The average Bonchev–Trinajstić information content (AvgIpc) is 2.54. The van der Waals surface area contributed by atoms with Crippen LogP contribution in [-0.4, -0.2) is 27.1 Å². The Morgan fingerprint density at radius 2 is 1.67 bits per heavy atom. The van der Waals surface area contributed by atoms with Crippen molar-refractivity contribution >= 4 is 33.2 Å². The van der Waals surface area contributed by atoms with Crippen molar-refractivity contribution in [3.8, 4) is 0 Å². The van der Waals surface area contributed by atoms with Gasteiger partial charge in [-0.15, -0.1) is 0 Å². The Balaban J connectivity index is 2.04. The minimum atomic E-state index is -3.33. The Morgan fingerprint density at radius 1 is 1.08 bits per heavy atom. The van der Waals surface area contributed by atoms with Gasteiger partial charge in [0, 0.05) is 23.7 Å². The molecule has 0 saturated carbocycles. The van der Waals surface area contributed by atoms with Crippen LogP contribution in [0.3, 0.4) is 0 Å². The van der Waals surface area contributed by atoms with Crippen LogP contribution in [0.5, 0.6) is 0 Å². The summed E-state index contributed by atoms with van der Waals surface area (Å²) < 4.78 is 24.7. The molecule has 0 aliphatic heterocycles. The maximum Gasteiger partial charge on any atom is 0.251 e. The Labute approximate surface area is 147 Å². The molecule has 0 radical (unpaired) electrons. The molecule has 2 rings (SSSR count). The van der Waals surface area contributed by atoms with E-state index in [0.29, 0.717) is 29.4 Å². The van der Waals surface area contributed by atoms with E-state index in [4.69, 9.17) is 11.6 Å². The van der Waals surface area contributed by atoms with E-state index in [1.165, 1.54) is 4.31 Å². The first-order valence-corrected chi connectivity index (χ1v) is 9.64. The van der Waals surface area contributed by atoms with Crippen LogP contribution in [0.2, 0.25) is 5.02 Å². The molecular weight excluding hydrogens is 348 g/mol. The maximum atomic E-state index is 12.2. The fraction of sp³-hybridized carbons (Fsp3) is 0.235. The van der Waals surface area contributed by atoms with Gasteiger partial charge in [0.1, 0.15) is 0 Å². The molecule has 0 saturated heterocycles. The summed E-state index contributed by atoms with van der Waals surface area (Å²) >= 11 is 5.82. The molecule has 0 aromatic heterocycles. The number of anilines is 1. The maximum absolute atomic E-state index is 12.2. The summed E-state index contributed by atoms with van der Waals surface area (Å²) in [5.74, 6) is -0.223. The molecule has 24 heavy (non-hydrogen) atoms. The molecule has 2 aromatic rings. The highest BCUT2D eigenvalue weighted by Gasteiger charge is 2.15. The molecule has 0 aliphatic carbocycles. The minimum absolute atomic E-state index is 0.223. The lowest BCUT2D eigenvalue weighted by molar-refractivity contribution is 0.0951. The van der Waals surface area contributed by atoms with Crippen LogP contribution >= 0.6 is 11.6 Å². The second-order valence-corrected chi connectivity index (χ2v) is 7.63. The van der Waals surface area contributed by atoms with Crippen LogP contribution in [0.25, 0.3) is 0 Å². The predicted octanol–water partition coefficient (Wildman–Crippen LogP) is 3.06. The van der Waals surface area contributed by atoms with Gasteiger partial charge in [-0.05, 0) is 48.9 Å². The molecule has 0 unspecified atom stereocenters. The van der Waals surface area contributed by atoms with Gasteiger partial charge in [0.2, 0.25) is 10.0 Å². The first-order valence-electron chi connectivity index (χ1n) is 7.41. The van der Waals surface area contributed by atoms with Gasteiger partial charge in [-0.25, -0.2) is 8.42 Å². The van der Waals surface area contributed by atoms with Crippen LogP contribution in [0, 0.1) is 0 Å². The van der Waals surface area contributed by atoms with E-state index < -0.39 is 10.0 Å². The molecule has 1 N–H and O–H groups in total. The summed E-state index contributed by atoms with van der Waals surface area (Å²) in [6.07, 6.45) is 1.16. The van der Waals surface area contributed by atoms with Crippen LogP contribution < -0.4 is 9.62 Å². The number of hydrogen-bond acceptors (Lipinski definition) is 3. The zero-order valence-electron chi connectivity index (χ0n) is 13.5. The highest BCUT2D eigenvalue weighted by Crippen LogP contribution is 2.18. The number of halogens is 1. The SMILES string of the molecule is CCN(c1ccc(C(=O)NCc2ccc(Cl)cc2)cc1)S(C)(=O)=O. The van der Waals surface area contributed by atoms with E-state index in [1.807, 2.05) is 12.1 Å². The molecular formula is C17H19ClN2O3S. The van der Waals surface area contributed by atoms with Crippen molar-refractivity contribution in [3.63, 3.8) is 0 Å². The lowest BCUT2D eigenvalue weighted by Gasteiger charge is -2.20. The van der Waals surface area contributed by atoms with Gasteiger partial charge in [-0.2, -0.15) is 0 Å². The van der Waals surface area contributed by atoms with Crippen molar-refractivity contribution in [1.82, 2.24) is 5.32 Å².